The number of benzene rings is 1. The molecule has 0 aliphatic carbocycles. The standard InChI is InChI=1S/C16H17N5/c1-3-9-21-15(17)14(13-10-18-20(2)11-13)19-16(21)12-7-5-4-6-8-12/h3-8,10-11H,1,9,17H2,2H3. The summed E-state index contributed by atoms with van der Waals surface area (Å²) in [5.74, 6) is 1.47. The summed E-state index contributed by atoms with van der Waals surface area (Å²) in [7, 11) is 1.87. The van der Waals surface area contributed by atoms with E-state index < -0.39 is 0 Å². The first kappa shape index (κ1) is 13.2. The van der Waals surface area contributed by atoms with E-state index in [2.05, 4.69) is 11.7 Å². The molecule has 0 bridgehead atoms. The molecule has 0 aliphatic heterocycles. The van der Waals surface area contributed by atoms with Crippen LogP contribution in [-0.4, -0.2) is 19.3 Å². The Bertz CT molecular complexity index is 767. The normalized spacial score (nSPS) is 10.7. The smallest absolute Gasteiger partial charge is 0.142 e. The number of nitrogen functional groups attached to an aromatic ring is 1. The Morgan fingerprint density at radius 2 is 2.00 bits per heavy atom. The highest BCUT2D eigenvalue weighted by molar-refractivity contribution is 5.74. The number of aromatic nitrogens is 4. The van der Waals surface area contributed by atoms with Gasteiger partial charge in [0.15, 0.2) is 0 Å². The summed E-state index contributed by atoms with van der Waals surface area (Å²) in [5.41, 5.74) is 8.98. The molecule has 0 unspecified atom stereocenters. The number of allylic oxidation sites excluding steroid dienone is 1. The zero-order valence-electron chi connectivity index (χ0n) is 11.9. The zero-order valence-corrected chi connectivity index (χ0v) is 11.9. The van der Waals surface area contributed by atoms with Gasteiger partial charge in [0.25, 0.3) is 0 Å². The summed E-state index contributed by atoms with van der Waals surface area (Å²) < 4.78 is 3.70. The van der Waals surface area contributed by atoms with Crippen LogP contribution in [0.5, 0.6) is 0 Å². The Morgan fingerprint density at radius 3 is 2.62 bits per heavy atom. The lowest BCUT2D eigenvalue weighted by atomic mass is 10.2. The summed E-state index contributed by atoms with van der Waals surface area (Å²) in [6, 6.07) is 10.0. The van der Waals surface area contributed by atoms with Crippen molar-refractivity contribution in [1.82, 2.24) is 19.3 Å². The third-order valence-corrected chi connectivity index (χ3v) is 3.33. The second-order valence-corrected chi connectivity index (χ2v) is 4.84. The number of aryl methyl sites for hydroxylation is 1. The van der Waals surface area contributed by atoms with Gasteiger partial charge in [-0.25, -0.2) is 4.98 Å². The average Bonchev–Trinajstić information content (AvgIpc) is 3.06. The third-order valence-electron chi connectivity index (χ3n) is 3.33. The van der Waals surface area contributed by atoms with E-state index in [1.165, 1.54) is 0 Å². The lowest BCUT2D eigenvalue weighted by Gasteiger charge is -2.06. The Kier molecular flexibility index (Phi) is 3.31. The summed E-state index contributed by atoms with van der Waals surface area (Å²) in [6.07, 6.45) is 5.49. The van der Waals surface area contributed by atoms with Crippen molar-refractivity contribution in [1.29, 1.82) is 0 Å². The Hall–Kier alpha value is -2.82. The molecule has 2 heterocycles. The number of nitrogens with zero attached hydrogens (tertiary/aromatic N) is 4. The van der Waals surface area contributed by atoms with Crippen LogP contribution in [0, 0.1) is 0 Å². The maximum Gasteiger partial charge on any atom is 0.142 e. The van der Waals surface area contributed by atoms with E-state index in [0.29, 0.717) is 12.4 Å². The van der Waals surface area contributed by atoms with Crippen LogP contribution in [0.3, 0.4) is 0 Å². The molecule has 2 N–H and O–H groups in total. The lowest BCUT2D eigenvalue weighted by Crippen LogP contribution is -2.03. The second kappa shape index (κ2) is 5.28. The maximum absolute atomic E-state index is 6.28. The summed E-state index contributed by atoms with van der Waals surface area (Å²) in [4.78, 5) is 4.72. The quantitative estimate of drug-likeness (QED) is 0.747. The van der Waals surface area contributed by atoms with Gasteiger partial charge in [0.2, 0.25) is 0 Å². The average molecular weight is 279 g/mol. The number of nitrogens with two attached hydrogens (primary N) is 1. The predicted octanol–water partition coefficient (Wildman–Crippen LogP) is 2.72. The topological polar surface area (TPSA) is 61.7 Å². The number of anilines is 1. The fourth-order valence-corrected chi connectivity index (χ4v) is 2.34. The minimum absolute atomic E-state index is 0.614. The van der Waals surface area contributed by atoms with Crippen LogP contribution in [0.15, 0.2) is 55.4 Å². The van der Waals surface area contributed by atoms with Crippen molar-refractivity contribution in [2.45, 2.75) is 6.54 Å². The molecule has 0 saturated heterocycles. The van der Waals surface area contributed by atoms with Gasteiger partial charge in [-0.05, 0) is 0 Å². The van der Waals surface area contributed by atoms with Crippen LogP contribution in [-0.2, 0) is 13.6 Å². The van der Waals surface area contributed by atoms with Crippen LogP contribution < -0.4 is 5.73 Å². The number of imidazole rings is 1. The molecule has 0 atom stereocenters. The van der Waals surface area contributed by atoms with E-state index >= 15 is 0 Å². The molecule has 0 aliphatic rings. The Balaban J connectivity index is 2.18. The van der Waals surface area contributed by atoms with Crippen molar-refractivity contribution in [3.05, 3.63) is 55.4 Å². The van der Waals surface area contributed by atoms with Gasteiger partial charge in [-0.3, -0.25) is 4.68 Å². The highest BCUT2D eigenvalue weighted by Crippen LogP contribution is 2.30. The molecule has 2 aromatic heterocycles. The van der Waals surface area contributed by atoms with Crippen molar-refractivity contribution in [3.8, 4) is 22.6 Å². The van der Waals surface area contributed by atoms with Crippen LogP contribution in [0.25, 0.3) is 22.6 Å². The molecule has 1 aromatic carbocycles. The second-order valence-electron chi connectivity index (χ2n) is 4.84. The van der Waals surface area contributed by atoms with E-state index in [1.807, 2.05) is 54.2 Å². The van der Waals surface area contributed by atoms with Crippen LogP contribution >= 0.6 is 0 Å². The molecule has 5 heteroatoms. The minimum atomic E-state index is 0.614. The first-order chi connectivity index (χ1) is 10.2. The summed E-state index contributed by atoms with van der Waals surface area (Å²) >= 11 is 0. The maximum atomic E-state index is 6.28. The van der Waals surface area contributed by atoms with E-state index in [1.54, 1.807) is 10.9 Å². The first-order valence-electron chi connectivity index (χ1n) is 6.72. The van der Waals surface area contributed by atoms with Crippen molar-refractivity contribution < 1.29 is 0 Å². The van der Waals surface area contributed by atoms with E-state index in [0.717, 1.165) is 22.6 Å². The zero-order chi connectivity index (χ0) is 14.8. The first-order valence-corrected chi connectivity index (χ1v) is 6.72. The van der Waals surface area contributed by atoms with Crippen molar-refractivity contribution in [3.63, 3.8) is 0 Å². The predicted molar refractivity (Wildman–Crippen MR) is 84.5 cm³/mol. The van der Waals surface area contributed by atoms with Crippen LogP contribution in [0.1, 0.15) is 0 Å². The van der Waals surface area contributed by atoms with E-state index in [4.69, 9.17) is 10.7 Å². The highest BCUT2D eigenvalue weighted by Gasteiger charge is 2.17. The van der Waals surface area contributed by atoms with E-state index in [9.17, 15) is 0 Å². The van der Waals surface area contributed by atoms with Crippen molar-refractivity contribution in [2.75, 3.05) is 5.73 Å². The van der Waals surface area contributed by atoms with Crippen molar-refractivity contribution in [2.24, 2.45) is 7.05 Å². The molecule has 0 spiro atoms. The van der Waals surface area contributed by atoms with Gasteiger partial charge in [0.05, 0.1) is 6.20 Å². The van der Waals surface area contributed by atoms with Gasteiger partial charge >= 0.3 is 0 Å². The third kappa shape index (κ3) is 2.33. The molecule has 3 aromatic rings. The van der Waals surface area contributed by atoms with Crippen LogP contribution in [0.4, 0.5) is 5.82 Å². The fraction of sp³-hybridized carbons (Fsp3) is 0.125. The van der Waals surface area contributed by atoms with Gasteiger partial charge in [0, 0.05) is 30.9 Å². The SMILES string of the molecule is C=CCn1c(-c2ccccc2)nc(-c2cnn(C)c2)c1N. The molecule has 21 heavy (non-hydrogen) atoms. The largest absolute Gasteiger partial charge is 0.383 e. The van der Waals surface area contributed by atoms with Crippen molar-refractivity contribution >= 4 is 5.82 Å². The molecule has 0 fully saturated rings. The monoisotopic (exact) mass is 279 g/mol. The van der Waals surface area contributed by atoms with Gasteiger partial charge < -0.3 is 10.3 Å². The van der Waals surface area contributed by atoms with Gasteiger partial charge in [0.1, 0.15) is 17.3 Å². The molecular formula is C16H17N5. The minimum Gasteiger partial charge on any atom is -0.383 e. The molecule has 106 valence electrons. The molecular weight excluding hydrogens is 262 g/mol. The lowest BCUT2D eigenvalue weighted by molar-refractivity contribution is 0.768. The molecule has 0 amide bonds. The fourth-order valence-electron chi connectivity index (χ4n) is 2.34. The Labute approximate surface area is 123 Å². The van der Waals surface area contributed by atoms with Gasteiger partial charge in [-0.15, -0.1) is 6.58 Å². The molecule has 5 nitrogen and oxygen atoms in total. The number of rotatable bonds is 4. The molecule has 0 saturated carbocycles. The van der Waals surface area contributed by atoms with E-state index in [-0.39, 0.29) is 0 Å². The summed E-state index contributed by atoms with van der Waals surface area (Å²) in [5, 5.41) is 4.18. The van der Waals surface area contributed by atoms with Crippen LogP contribution in [0.2, 0.25) is 0 Å². The van der Waals surface area contributed by atoms with Gasteiger partial charge in [-0.1, -0.05) is 36.4 Å². The molecule has 0 radical (unpaired) electrons. The Morgan fingerprint density at radius 1 is 1.24 bits per heavy atom. The van der Waals surface area contributed by atoms with Gasteiger partial charge in [-0.2, -0.15) is 5.10 Å². The summed E-state index contributed by atoms with van der Waals surface area (Å²) in [6.45, 7) is 4.41. The number of hydrogen-bond acceptors (Lipinski definition) is 3. The molecule has 3 rings (SSSR count). The highest BCUT2D eigenvalue weighted by atomic mass is 15.2. The number of hydrogen-bond donors (Lipinski definition) is 1.